The minimum atomic E-state index is -1.95. The first-order valence-corrected chi connectivity index (χ1v) is 18.5. The zero-order valence-electron chi connectivity index (χ0n) is 26.8. The van der Waals surface area contributed by atoms with Crippen LogP contribution >= 0.6 is 0 Å². The van der Waals surface area contributed by atoms with E-state index in [9.17, 15) is 15.0 Å². The maximum atomic E-state index is 12.2. The molecule has 3 fully saturated rings. The second kappa shape index (κ2) is 10.9. The summed E-state index contributed by atoms with van der Waals surface area (Å²) in [7, 11) is -1.95. The number of aliphatic carboxylic acids is 1. The van der Waals surface area contributed by atoms with Crippen LogP contribution in [0.4, 0.5) is 0 Å². The van der Waals surface area contributed by atoms with Crippen molar-refractivity contribution in [2.24, 2.45) is 40.4 Å². The summed E-state index contributed by atoms with van der Waals surface area (Å²) in [6.07, 6.45) is 11.6. The number of fused-ring (bicyclic) bond motifs is 5. The zero-order valence-corrected chi connectivity index (χ0v) is 27.8. The third kappa shape index (κ3) is 5.13. The van der Waals surface area contributed by atoms with Gasteiger partial charge in [0.25, 0.3) is 0 Å². The van der Waals surface area contributed by atoms with E-state index in [2.05, 4.69) is 75.3 Å². The van der Waals surface area contributed by atoms with Gasteiger partial charge in [0.15, 0.2) is 0 Å². The molecule has 3 saturated carbocycles. The van der Waals surface area contributed by atoms with Gasteiger partial charge in [-0.2, -0.15) is 0 Å². The fourth-order valence-electron chi connectivity index (χ4n) is 11.3. The van der Waals surface area contributed by atoms with Crippen molar-refractivity contribution >= 4 is 14.3 Å². The Hall–Kier alpha value is -0.653. The topological polar surface area (TPSA) is 66.8 Å². The summed E-state index contributed by atoms with van der Waals surface area (Å²) in [6.45, 7) is 23.7. The van der Waals surface area contributed by atoms with Crippen molar-refractivity contribution in [1.29, 1.82) is 0 Å². The molecule has 0 aromatic carbocycles. The number of hydrogen-bond donors (Lipinski definition) is 2. The molecule has 39 heavy (non-hydrogen) atoms. The molecule has 224 valence electrons. The van der Waals surface area contributed by atoms with Gasteiger partial charge in [0.05, 0.1) is 5.60 Å². The van der Waals surface area contributed by atoms with E-state index in [4.69, 9.17) is 4.43 Å². The predicted octanol–water partition coefficient (Wildman–Crippen LogP) is 8.99. The van der Waals surface area contributed by atoms with Gasteiger partial charge in [0, 0.05) is 12.5 Å². The van der Waals surface area contributed by atoms with Crippen LogP contribution in [0.1, 0.15) is 127 Å². The Labute approximate surface area is 240 Å². The monoisotopic (exact) mass is 560 g/mol. The third-order valence-corrected chi connectivity index (χ3v) is 19.2. The van der Waals surface area contributed by atoms with Gasteiger partial charge >= 0.3 is 5.97 Å². The molecule has 4 nitrogen and oxygen atoms in total. The van der Waals surface area contributed by atoms with Gasteiger partial charge in [-0.25, -0.2) is 0 Å². The molecule has 4 rings (SSSR count). The molecule has 0 bridgehead atoms. The van der Waals surface area contributed by atoms with E-state index in [0.717, 1.165) is 19.3 Å². The van der Waals surface area contributed by atoms with E-state index >= 15 is 0 Å². The third-order valence-electron chi connectivity index (χ3n) is 13.0. The van der Waals surface area contributed by atoms with Crippen LogP contribution in [0.25, 0.3) is 0 Å². The number of carbonyl (C=O) groups is 1. The number of rotatable bonds is 9. The first kappa shape index (κ1) is 31.3. The van der Waals surface area contributed by atoms with Crippen molar-refractivity contribution in [3.8, 4) is 0 Å². The highest BCUT2D eigenvalue weighted by molar-refractivity contribution is 6.77. The minimum absolute atomic E-state index is 0.152. The summed E-state index contributed by atoms with van der Waals surface area (Å²) in [4.78, 5) is 11.3. The maximum absolute atomic E-state index is 12.2. The Morgan fingerprint density at radius 1 is 0.949 bits per heavy atom. The Morgan fingerprint density at radius 2 is 1.56 bits per heavy atom. The summed E-state index contributed by atoms with van der Waals surface area (Å²) < 4.78 is 7.30. The Bertz CT molecular complexity index is 916. The second-order valence-electron chi connectivity index (χ2n) is 16.0. The van der Waals surface area contributed by atoms with Crippen molar-refractivity contribution in [1.82, 2.24) is 0 Å². The van der Waals surface area contributed by atoms with Gasteiger partial charge in [-0.3, -0.25) is 4.79 Å². The molecule has 4 aliphatic rings. The average Bonchev–Trinajstić information content (AvgIpc) is 3.17. The molecule has 5 heteroatoms. The van der Waals surface area contributed by atoms with Crippen LogP contribution < -0.4 is 0 Å². The van der Waals surface area contributed by atoms with Gasteiger partial charge in [0.2, 0.25) is 8.32 Å². The van der Waals surface area contributed by atoms with Gasteiger partial charge < -0.3 is 14.6 Å². The first-order valence-electron chi connectivity index (χ1n) is 16.3. The molecule has 0 aliphatic heterocycles. The predicted molar refractivity (Wildman–Crippen MR) is 163 cm³/mol. The minimum Gasteiger partial charge on any atom is -0.481 e. The quantitative estimate of drug-likeness (QED) is 0.218. The van der Waals surface area contributed by atoms with Gasteiger partial charge in [0.1, 0.15) is 0 Å². The van der Waals surface area contributed by atoms with Crippen molar-refractivity contribution in [3.05, 3.63) is 11.6 Å². The first-order chi connectivity index (χ1) is 18.0. The highest BCUT2D eigenvalue weighted by Gasteiger charge is 2.64. The number of aliphatic hydroxyl groups is 1. The molecular weight excluding hydrogens is 500 g/mol. The Kier molecular flexibility index (Phi) is 8.73. The highest BCUT2D eigenvalue weighted by Crippen LogP contribution is 2.69. The molecule has 0 saturated heterocycles. The SMILES string of the molecule is CC(C)[Si](O[C@H]1CC[C@@]2(C)C(=CC(C)(O)[C@H]3[C@@H]4CC[C@H]([C@H](C)CCC(=O)O)[C@@]4(C)CC[C@@H]32)C1)(C(C)C)C(C)C. The number of carboxylic acid groups (broad SMARTS) is 1. The molecule has 1 unspecified atom stereocenters. The van der Waals surface area contributed by atoms with E-state index in [-0.39, 0.29) is 29.3 Å². The lowest BCUT2D eigenvalue weighted by atomic mass is 9.44. The Morgan fingerprint density at radius 3 is 2.13 bits per heavy atom. The van der Waals surface area contributed by atoms with Crippen LogP contribution in [0.3, 0.4) is 0 Å². The normalized spacial score (nSPS) is 41.3. The van der Waals surface area contributed by atoms with Gasteiger partial charge in [-0.1, -0.05) is 74.0 Å². The van der Waals surface area contributed by atoms with Crippen LogP contribution in [0.5, 0.6) is 0 Å². The lowest BCUT2D eigenvalue weighted by molar-refractivity contribution is -0.138. The van der Waals surface area contributed by atoms with E-state index in [1.165, 1.54) is 37.7 Å². The molecule has 0 spiro atoms. The molecule has 0 aromatic rings. The summed E-state index contributed by atoms with van der Waals surface area (Å²) in [5.41, 5.74) is 2.78. The van der Waals surface area contributed by atoms with E-state index in [1.54, 1.807) is 0 Å². The molecule has 0 amide bonds. The molecular formula is C34H60O4Si. The molecule has 0 radical (unpaired) electrons. The standard InChI is InChI=1S/C34H60O4Si/c1-21(2)39(22(3)4,23(5)6)38-26-15-17-32(8)25(19-26)20-34(10,37)31-28-13-12-27(24(7)11-14-30(35)36)33(28,9)18-16-29(31)32/h20-24,26-29,31,37H,11-19H2,1-10H3,(H,35,36)/t24-,26+,27-,28+,29+,31+,32+,33-,34?/m1/s1. The zero-order chi connectivity index (χ0) is 29.1. The highest BCUT2D eigenvalue weighted by atomic mass is 28.4. The summed E-state index contributed by atoms with van der Waals surface area (Å²) in [5.74, 6) is 1.61. The van der Waals surface area contributed by atoms with E-state index in [1.807, 2.05) is 0 Å². The average molecular weight is 561 g/mol. The van der Waals surface area contributed by atoms with E-state index in [0.29, 0.717) is 40.3 Å². The lowest BCUT2D eigenvalue weighted by Crippen LogP contribution is -2.59. The molecule has 2 N–H and O–H groups in total. The number of hydrogen-bond acceptors (Lipinski definition) is 3. The van der Waals surface area contributed by atoms with Crippen LogP contribution in [-0.4, -0.2) is 36.2 Å². The Balaban J connectivity index is 1.60. The van der Waals surface area contributed by atoms with Crippen LogP contribution in [0, 0.1) is 40.4 Å². The fraction of sp³-hybridized carbons (Fsp3) is 0.912. The fourth-order valence-corrected chi connectivity index (χ4v) is 16.9. The summed E-state index contributed by atoms with van der Waals surface area (Å²) in [6, 6.07) is 0. The van der Waals surface area contributed by atoms with Crippen LogP contribution in [0.15, 0.2) is 11.6 Å². The molecule has 9 atom stereocenters. The summed E-state index contributed by atoms with van der Waals surface area (Å²) >= 11 is 0. The summed E-state index contributed by atoms with van der Waals surface area (Å²) in [5, 5.41) is 21.5. The molecule has 0 heterocycles. The van der Waals surface area contributed by atoms with Crippen LogP contribution in [-0.2, 0) is 9.22 Å². The smallest absolute Gasteiger partial charge is 0.303 e. The van der Waals surface area contributed by atoms with Gasteiger partial charge in [-0.15, -0.1) is 0 Å². The second-order valence-corrected chi connectivity index (χ2v) is 21.4. The molecule has 0 aromatic heterocycles. The van der Waals surface area contributed by atoms with Gasteiger partial charge in [-0.05, 0) is 115 Å². The van der Waals surface area contributed by atoms with Crippen molar-refractivity contribution < 1.29 is 19.4 Å². The number of carboxylic acids is 1. The van der Waals surface area contributed by atoms with Crippen molar-refractivity contribution in [2.75, 3.05) is 0 Å². The van der Waals surface area contributed by atoms with Crippen molar-refractivity contribution in [3.63, 3.8) is 0 Å². The van der Waals surface area contributed by atoms with Crippen LogP contribution in [0.2, 0.25) is 16.6 Å². The largest absolute Gasteiger partial charge is 0.481 e. The maximum Gasteiger partial charge on any atom is 0.303 e. The molecule has 4 aliphatic carbocycles. The van der Waals surface area contributed by atoms with Crippen molar-refractivity contribution in [2.45, 2.75) is 155 Å². The lowest BCUT2D eigenvalue weighted by Gasteiger charge is -2.62. The van der Waals surface area contributed by atoms with E-state index < -0.39 is 19.9 Å².